The average Bonchev–Trinajstić information content (AvgIpc) is 3.80. The largest absolute Gasteiger partial charge is 0.436 e. The second-order valence-electron chi connectivity index (χ2n) is 16.0. The van der Waals surface area contributed by atoms with Gasteiger partial charge >= 0.3 is 0 Å². The molecule has 0 aliphatic carbocycles. The van der Waals surface area contributed by atoms with Crippen molar-refractivity contribution in [1.29, 1.82) is 0 Å². The molecule has 0 saturated heterocycles. The summed E-state index contributed by atoms with van der Waals surface area (Å²) in [5.74, 6) is 0.636. The van der Waals surface area contributed by atoms with Crippen LogP contribution in [-0.2, 0) is 0 Å². The summed E-state index contributed by atoms with van der Waals surface area (Å²) in [6, 6.07) is 82.6. The fourth-order valence-electron chi connectivity index (χ4n) is 9.09. The quantitative estimate of drug-likeness (QED) is 0.151. The maximum atomic E-state index is 6.33. The highest BCUT2D eigenvalue weighted by molar-refractivity contribution is 6.26. The fourth-order valence-corrected chi connectivity index (χ4v) is 9.09. The number of aromatic nitrogens is 1. The van der Waals surface area contributed by atoms with Crippen LogP contribution < -0.4 is 4.90 Å². The van der Waals surface area contributed by atoms with Gasteiger partial charge in [-0.2, -0.15) is 0 Å². The van der Waals surface area contributed by atoms with Crippen LogP contribution in [-0.4, -0.2) is 4.98 Å². The zero-order valence-corrected chi connectivity index (χ0v) is 33.7. The van der Waals surface area contributed by atoms with E-state index in [-0.39, 0.29) is 0 Å². The normalized spacial score (nSPS) is 11.5. The van der Waals surface area contributed by atoms with Gasteiger partial charge in [0.05, 0.1) is 0 Å². The Bertz CT molecular complexity index is 3590. The molecule has 62 heavy (non-hydrogen) atoms. The Hall–Kier alpha value is -8.27. The van der Waals surface area contributed by atoms with Crippen LogP contribution >= 0.6 is 0 Å². The molecule has 0 N–H and O–H groups in total. The van der Waals surface area contributed by atoms with Gasteiger partial charge in [-0.05, 0) is 132 Å². The molecule has 0 bridgehead atoms. The summed E-state index contributed by atoms with van der Waals surface area (Å²) in [7, 11) is 0. The summed E-state index contributed by atoms with van der Waals surface area (Å²) in [6.45, 7) is 0. The average molecular weight is 791 g/mol. The van der Waals surface area contributed by atoms with E-state index in [1.54, 1.807) is 0 Å². The Kier molecular flexibility index (Phi) is 8.50. The molecule has 12 aromatic rings. The Labute approximate surface area is 359 Å². The molecule has 1 aromatic heterocycles. The van der Waals surface area contributed by atoms with Crippen molar-refractivity contribution in [1.82, 2.24) is 4.98 Å². The summed E-state index contributed by atoms with van der Waals surface area (Å²) in [4.78, 5) is 7.43. The van der Waals surface area contributed by atoms with Gasteiger partial charge in [0.15, 0.2) is 5.58 Å². The molecule has 0 aliphatic rings. The van der Waals surface area contributed by atoms with Crippen LogP contribution in [0.15, 0.2) is 235 Å². The number of anilines is 3. The third-order valence-electron chi connectivity index (χ3n) is 12.3. The minimum atomic E-state index is 0.636. The van der Waals surface area contributed by atoms with E-state index in [0.29, 0.717) is 5.89 Å². The van der Waals surface area contributed by atoms with E-state index >= 15 is 0 Å². The molecule has 3 heteroatoms. The molecule has 0 saturated carbocycles. The van der Waals surface area contributed by atoms with E-state index in [9.17, 15) is 0 Å². The van der Waals surface area contributed by atoms with Crippen molar-refractivity contribution in [2.24, 2.45) is 0 Å². The Balaban J connectivity index is 0.907. The SMILES string of the molecule is c1ccc(-c2ccc(-c3ccc(N(c4ccc(-c5ccc6c(ccc7ccc8ccc9oc(-c%10ccccc%10)nc9c8c76)c5)cc4)c4ccc5ccccc5c4)cc3)cc2)cc1. The number of hydrogen-bond donors (Lipinski definition) is 0. The smallest absolute Gasteiger partial charge is 0.227 e. The standard InChI is InChI=1S/C59H38N2O/c1-3-9-39(10-4-1)41-15-17-42(18-16-41)43-23-30-51(31-24-43)61(53-34-27-40-11-7-8-14-48(40)38-53)52-32-25-44(26-33-52)49-28-35-54-50(37-49)22-21-45-19-20-46-29-36-55-58(57(46)56(45)54)60-59(62-55)47-12-5-2-6-13-47/h1-38H. The molecule has 0 aliphatic heterocycles. The predicted molar refractivity (Wildman–Crippen MR) is 260 cm³/mol. The van der Waals surface area contributed by atoms with Gasteiger partial charge in [0.25, 0.3) is 0 Å². The van der Waals surface area contributed by atoms with Gasteiger partial charge in [-0.25, -0.2) is 4.98 Å². The van der Waals surface area contributed by atoms with Crippen molar-refractivity contribution in [2.75, 3.05) is 4.90 Å². The first-order valence-electron chi connectivity index (χ1n) is 21.1. The van der Waals surface area contributed by atoms with E-state index in [0.717, 1.165) is 50.1 Å². The van der Waals surface area contributed by atoms with E-state index in [2.05, 4.69) is 199 Å². The number of fused-ring (bicyclic) bond motifs is 8. The molecule has 0 fully saturated rings. The molecule has 0 atom stereocenters. The minimum absolute atomic E-state index is 0.636. The minimum Gasteiger partial charge on any atom is -0.436 e. The maximum Gasteiger partial charge on any atom is 0.227 e. The lowest BCUT2D eigenvalue weighted by molar-refractivity contribution is 0.620. The zero-order valence-electron chi connectivity index (χ0n) is 33.7. The second kappa shape index (κ2) is 14.8. The summed E-state index contributed by atoms with van der Waals surface area (Å²) in [6.07, 6.45) is 0. The third-order valence-corrected chi connectivity index (χ3v) is 12.3. The zero-order chi connectivity index (χ0) is 41.0. The Morgan fingerprint density at radius 1 is 0.306 bits per heavy atom. The molecular formula is C59H38N2O. The molecule has 11 aromatic carbocycles. The first-order valence-corrected chi connectivity index (χ1v) is 21.1. The molecule has 0 amide bonds. The third kappa shape index (κ3) is 6.27. The molecule has 12 rings (SSSR count). The van der Waals surface area contributed by atoms with Crippen LogP contribution in [0.1, 0.15) is 0 Å². The van der Waals surface area contributed by atoms with Crippen molar-refractivity contribution in [3.8, 4) is 44.8 Å². The Morgan fingerprint density at radius 3 is 1.44 bits per heavy atom. The van der Waals surface area contributed by atoms with Gasteiger partial charge in [-0.15, -0.1) is 0 Å². The number of hydrogen-bond acceptors (Lipinski definition) is 3. The predicted octanol–water partition coefficient (Wildman–Crippen LogP) is 16.6. The van der Waals surface area contributed by atoms with Crippen LogP contribution in [0.3, 0.4) is 0 Å². The van der Waals surface area contributed by atoms with Crippen molar-refractivity contribution in [3.05, 3.63) is 231 Å². The highest BCUT2D eigenvalue weighted by atomic mass is 16.3. The van der Waals surface area contributed by atoms with Crippen LogP contribution in [0, 0.1) is 0 Å². The van der Waals surface area contributed by atoms with Gasteiger partial charge in [0, 0.05) is 28.0 Å². The van der Waals surface area contributed by atoms with Gasteiger partial charge in [0.1, 0.15) is 5.52 Å². The van der Waals surface area contributed by atoms with Gasteiger partial charge < -0.3 is 9.32 Å². The van der Waals surface area contributed by atoms with Crippen LogP contribution in [0.2, 0.25) is 0 Å². The Morgan fingerprint density at radius 2 is 0.774 bits per heavy atom. The van der Waals surface area contributed by atoms with E-state index in [1.807, 2.05) is 36.4 Å². The monoisotopic (exact) mass is 790 g/mol. The first-order chi connectivity index (χ1) is 30.7. The number of benzene rings is 11. The molecule has 3 nitrogen and oxygen atoms in total. The van der Waals surface area contributed by atoms with E-state index in [4.69, 9.17) is 9.40 Å². The van der Waals surface area contributed by atoms with Crippen LogP contribution in [0.4, 0.5) is 17.1 Å². The molecular weight excluding hydrogens is 753 g/mol. The van der Waals surface area contributed by atoms with Crippen molar-refractivity contribution < 1.29 is 4.42 Å². The molecule has 1 heterocycles. The van der Waals surface area contributed by atoms with Gasteiger partial charge in [-0.1, -0.05) is 170 Å². The maximum absolute atomic E-state index is 6.33. The van der Waals surface area contributed by atoms with Crippen molar-refractivity contribution >= 4 is 71.3 Å². The van der Waals surface area contributed by atoms with Gasteiger partial charge in [-0.3, -0.25) is 0 Å². The van der Waals surface area contributed by atoms with Gasteiger partial charge in [0.2, 0.25) is 5.89 Å². The summed E-state index contributed by atoms with van der Waals surface area (Å²) < 4.78 is 6.33. The van der Waals surface area contributed by atoms with E-state index < -0.39 is 0 Å². The topological polar surface area (TPSA) is 29.3 Å². The number of nitrogens with zero attached hydrogens (tertiary/aromatic N) is 2. The molecule has 290 valence electrons. The lowest BCUT2D eigenvalue weighted by Gasteiger charge is -2.26. The van der Waals surface area contributed by atoms with Crippen molar-refractivity contribution in [3.63, 3.8) is 0 Å². The lowest BCUT2D eigenvalue weighted by Crippen LogP contribution is -2.09. The summed E-state index contributed by atoms with van der Waals surface area (Å²) >= 11 is 0. The molecule has 0 spiro atoms. The molecule has 0 radical (unpaired) electrons. The summed E-state index contributed by atoms with van der Waals surface area (Å²) in [5, 5.41) is 9.46. The van der Waals surface area contributed by atoms with Crippen molar-refractivity contribution in [2.45, 2.75) is 0 Å². The number of rotatable bonds is 7. The summed E-state index contributed by atoms with van der Waals surface area (Å²) in [5.41, 5.74) is 13.1. The van der Waals surface area contributed by atoms with E-state index in [1.165, 1.54) is 60.1 Å². The fraction of sp³-hybridized carbons (Fsp3) is 0. The second-order valence-corrected chi connectivity index (χ2v) is 16.0. The van der Waals surface area contributed by atoms with Crippen LogP contribution in [0.5, 0.6) is 0 Å². The lowest BCUT2D eigenvalue weighted by atomic mass is 9.93. The first kappa shape index (κ1) is 35.7. The highest BCUT2D eigenvalue weighted by Gasteiger charge is 2.17. The highest BCUT2D eigenvalue weighted by Crippen LogP contribution is 2.41. The molecule has 0 unspecified atom stereocenters. The van der Waals surface area contributed by atoms with Crippen LogP contribution in [0.25, 0.3) is 99.0 Å². The number of oxazole rings is 1.